The molecule has 4 amide bonds. The Kier molecular flexibility index (Phi) is 8.77. The number of anilines is 1. The van der Waals surface area contributed by atoms with Crippen LogP contribution in [0.5, 0.6) is 5.75 Å². The number of hydrazine groups is 1. The van der Waals surface area contributed by atoms with E-state index in [1.807, 2.05) is 81.4 Å². The van der Waals surface area contributed by atoms with Crippen LogP contribution in [0.4, 0.5) is 10.5 Å². The van der Waals surface area contributed by atoms with Crippen molar-refractivity contribution in [1.29, 1.82) is 0 Å². The van der Waals surface area contributed by atoms with Crippen molar-refractivity contribution in [3.8, 4) is 5.75 Å². The molecule has 40 heavy (non-hydrogen) atoms. The second-order valence-corrected chi connectivity index (χ2v) is 11.4. The number of hydrogen-bond donors (Lipinski definition) is 2. The lowest BCUT2D eigenvalue weighted by atomic mass is 9.86. The van der Waals surface area contributed by atoms with E-state index in [1.54, 1.807) is 24.3 Å². The van der Waals surface area contributed by atoms with E-state index in [-0.39, 0.29) is 23.7 Å². The van der Waals surface area contributed by atoms with Crippen LogP contribution in [-0.2, 0) is 9.59 Å². The number of primary amides is 1. The summed E-state index contributed by atoms with van der Waals surface area (Å²) in [6.45, 7) is 5.91. The van der Waals surface area contributed by atoms with Gasteiger partial charge in [-0.05, 0) is 47.4 Å². The van der Waals surface area contributed by atoms with E-state index in [1.165, 1.54) is 17.0 Å². The average molecular weight is 543 g/mol. The van der Waals surface area contributed by atoms with Crippen LogP contribution >= 0.6 is 0 Å². The Morgan fingerprint density at radius 2 is 1.57 bits per heavy atom. The Hall–Kier alpha value is -4.33. The molecule has 0 aliphatic carbocycles. The van der Waals surface area contributed by atoms with E-state index in [4.69, 9.17) is 10.5 Å². The summed E-state index contributed by atoms with van der Waals surface area (Å²) in [5.74, 6) is -0.263. The largest absolute Gasteiger partial charge is 0.497 e. The lowest BCUT2D eigenvalue weighted by Crippen LogP contribution is -2.57. The highest BCUT2D eigenvalue weighted by Crippen LogP contribution is 2.40. The Morgan fingerprint density at radius 1 is 0.950 bits per heavy atom. The molecule has 3 N–H and O–H groups in total. The van der Waals surface area contributed by atoms with Crippen LogP contribution in [0.2, 0.25) is 0 Å². The quantitative estimate of drug-likeness (QED) is 0.408. The van der Waals surface area contributed by atoms with Gasteiger partial charge < -0.3 is 10.5 Å². The first-order chi connectivity index (χ1) is 19.1. The van der Waals surface area contributed by atoms with Crippen LogP contribution in [0.25, 0.3) is 0 Å². The third kappa shape index (κ3) is 6.81. The molecule has 210 valence electrons. The molecule has 1 heterocycles. The number of amides is 4. The zero-order valence-electron chi connectivity index (χ0n) is 23.5. The van der Waals surface area contributed by atoms with Crippen LogP contribution in [-0.4, -0.2) is 36.0 Å². The summed E-state index contributed by atoms with van der Waals surface area (Å²) in [7, 11) is 1.53. The minimum atomic E-state index is -0.974. The fourth-order valence-electron chi connectivity index (χ4n) is 5.34. The number of hydrogen-bond acceptors (Lipinski definition) is 4. The van der Waals surface area contributed by atoms with Crippen LogP contribution < -0.4 is 20.8 Å². The lowest BCUT2D eigenvalue weighted by molar-refractivity contribution is -0.145. The van der Waals surface area contributed by atoms with Crippen molar-refractivity contribution < 1.29 is 19.1 Å². The van der Waals surface area contributed by atoms with Crippen molar-refractivity contribution in [3.63, 3.8) is 0 Å². The number of nitrogens with zero attached hydrogens (tertiary/aromatic N) is 2. The minimum Gasteiger partial charge on any atom is -0.497 e. The molecule has 3 aromatic rings. The van der Waals surface area contributed by atoms with E-state index < -0.39 is 24.0 Å². The summed E-state index contributed by atoms with van der Waals surface area (Å²) in [6, 6.07) is 24.3. The van der Waals surface area contributed by atoms with Crippen LogP contribution in [0, 0.1) is 5.41 Å². The topological polar surface area (TPSA) is 105 Å². The Morgan fingerprint density at radius 3 is 2.15 bits per heavy atom. The number of nitrogens with one attached hydrogen (secondary N) is 1. The van der Waals surface area contributed by atoms with Crippen molar-refractivity contribution in [2.75, 3.05) is 12.0 Å². The van der Waals surface area contributed by atoms with Gasteiger partial charge in [0.05, 0.1) is 18.8 Å². The summed E-state index contributed by atoms with van der Waals surface area (Å²) >= 11 is 0. The number of benzene rings is 3. The molecule has 1 aliphatic rings. The highest BCUT2D eigenvalue weighted by Gasteiger charge is 2.43. The molecule has 3 unspecified atom stereocenters. The first kappa shape index (κ1) is 28.7. The highest BCUT2D eigenvalue weighted by molar-refractivity contribution is 6.00. The van der Waals surface area contributed by atoms with Gasteiger partial charge in [0.15, 0.2) is 0 Å². The molecule has 4 rings (SSSR count). The zero-order valence-corrected chi connectivity index (χ0v) is 23.5. The maximum Gasteiger partial charge on any atom is 0.320 e. The summed E-state index contributed by atoms with van der Waals surface area (Å²) in [5, 5.41) is 1.42. The van der Waals surface area contributed by atoms with Gasteiger partial charge in [-0.15, -0.1) is 0 Å². The number of urea groups is 1. The molecular weight excluding hydrogens is 504 g/mol. The van der Waals surface area contributed by atoms with Crippen molar-refractivity contribution >= 4 is 23.5 Å². The van der Waals surface area contributed by atoms with E-state index >= 15 is 0 Å². The van der Waals surface area contributed by atoms with Gasteiger partial charge in [-0.2, -0.15) is 0 Å². The van der Waals surface area contributed by atoms with Crippen molar-refractivity contribution in [1.82, 2.24) is 10.4 Å². The number of carbonyl (C=O) groups is 3. The zero-order chi connectivity index (χ0) is 28.9. The van der Waals surface area contributed by atoms with Crippen molar-refractivity contribution in [2.45, 2.75) is 58.0 Å². The Labute approximate surface area is 236 Å². The second kappa shape index (κ2) is 12.2. The normalized spacial score (nSPS) is 19.4. The molecule has 0 spiro atoms. The Balaban J connectivity index is 1.85. The molecule has 8 nitrogen and oxygen atoms in total. The molecule has 0 bridgehead atoms. The molecular formula is C32H38N4O4. The molecule has 0 aromatic heterocycles. The van der Waals surface area contributed by atoms with Crippen LogP contribution in [0.15, 0.2) is 84.9 Å². The standard InChI is InChI=1S/C32H38N4O4/c1-32(2,3)21-29(37)34-36-27(23-14-9-6-10-15-23)18-24(22-12-7-5-8-13-22)19-28(30(36)38)35(31(33)39)25-16-11-17-26(20-25)40-4/h5-17,20,24,27-28H,18-19,21H2,1-4H3,(H2,33,39)(H,34,37). The molecule has 0 radical (unpaired) electrons. The van der Waals surface area contributed by atoms with Gasteiger partial charge in [-0.1, -0.05) is 87.5 Å². The number of carbonyl (C=O) groups excluding carboxylic acids is 3. The monoisotopic (exact) mass is 542 g/mol. The van der Waals surface area contributed by atoms with Crippen LogP contribution in [0.3, 0.4) is 0 Å². The third-order valence-electron chi connectivity index (χ3n) is 7.12. The SMILES string of the molecule is COc1cccc(N(C(N)=O)C2CC(c3ccccc3)CC(c3ccccc3)N(NC(=O)CC(C)(C)C)C2=O)c1. The number of nitrogens with two attached hydrogens (primary N) is 1. The molecule has 1 fully saturated rings. The van der Waals surface area contributed by atoms with E-state index in [9.17, 15) is 14.4 Å². The fraction of sp³-hybridized carbons (Fsp3) is 0.344. The average Bonchev–Trinajstić information content (AvgIpc) is 3.06. The maximum atomic E-state index is 14.5. The maximum absolute atomic E-state index is 14.5. The third-order valence-corrected chi connectivity index (χ3v) is 7.12. The molecule has 1 aliphatic heterocycles. The predicted octanol–water partition coefficient (Wildman–Crippen LogP) is 5.56. The smallest absolute Gasteiger partial charge is 0.320 e. The van der Waals surface area contributed by atoms with Gasteiger partial charge in [0.25, 0.3) is 5.91 Å². The molecule has 0 saturated carbocycles. The second-order valence-electron chi connectivity index (χ2n) is 11.4. The number of methoxy groups -OCH3 is 1. The van der Waals surface area contributed by atoms with Gasteiger partial charge in [0.1, 0.15) is 11.8 Å². The number of rotatable bonds is 7. The summed E-state index contributed by atoms with van der Waals surface area (Å²) < 4.78 is 5.38. The van der Waals surface area contributed by atoms with Gasteiger partial charge in [0, 0.05) is 12.5 Å². The van der Waals surface area contributed by atoms with E-state index in [2.05, 4.69) is 5.43 Å². The summed E-state index contributed by atoms with van der Waals surface area (Å²) in [5.41, 5.74) is 11.0. The van der Waals surface area contributed by atoms with Gasteiger partial charge >= 0.3 is 6.03 Å². The summed E-state index contributed by atoms with van der Waals surface area (Å²) in [4.78, 5) is 42.1. The van der Waals surface area contributed by atoms with Gasteiger partial charge in [-0.3, -0.25) is 19.9 Å². The first-order valence-corrected chi connectivity index (χ1v) is 13.5. The number of ether oxygens (including phenoxy) is 1. The Bertz CT molecular complexity index is 1320. The highest BCUT2D eigenvalue weighted by atomic mass is 16.5. The first-order valence-electron chi connectivity index (χ1n) is 13.5. The molecule has 1 saturated heterocycles. The molecule has 3 atom stereocenters. The fourth-order valence-corrected chi connectivity index (χ4v) is 5.34. The predicted molar refractivity (Wildman–Crippen MR) is 156 cm³/mol. The van der Waals surface area contributed by atoms with Crippen molar-refractivity contribution in [2.24, 2.45) is 11.1 Å². The summed E-state index contributed by atoms with van der Waals surface area (Å²) in [6.07, 6.45) is 1.08. The van der Waals surface area contributed by atoms with E-state index in [0.717, 1.165) is 11.1 Å². The van der Waals surface area contributed by atoms with Gasteiger partial charge in [0.2, 0.25) is 5.91 Å². The van der Waals surface area contributed by atoms with Crippen LogP contribution in [0.1, 0.15) is 63.1 Å². The molecule has 8 heteroatoms. The molecule has 3 aromatic carbocycles. The van der Waals surface area contributed by atoms with Crippen molar-refractivity contribution in [3.05, 3.63) is 96.1 Å². The minimum absolute atomic E-state index is 0.114. The van der Waals surface area contributed by atoms with E-state index in [0.29, 0.717) is 24.3 Å². The van der Waals surface area contributed by atoms with Gasteiger partial charge in [-0.25, -0.2) is 9.80 Å². The lowest BCUT2D eigenvalue weighted by Gasteiger charge is -2.35.